The molecule has 7 nitrogen and oxygen atoms in total. The summed E-state index contributed by atoms with van der Waals surface area (Å²) >= 11 is 0. The van der Waals surface area contributed by atoms with Crippen LogP contribution in [0.4, 0.5) is 35.0 Å². The zero-order chi connectivity index (χ0) is 33.2. The highest BCUT2D eigenvalue weighted by atomic mass is 19.1. The molecule has 6 rings (SSSR count). The standard InChI is InChI=1S/C26H23F3N4O3.C8H8.C2H6.H2/c1-4-6-16-10-18-23-14(12-30-25(18)31-16)13-32(26(34)33(23)17-8-5-7-15(27)9-17)24-21(28)19(35-2)11-20(36-3)22(24)29;1-2-4-6-8-7-5-3-1;1-2;/h5,7-12H,4,6,13H2,1-3H3,(H,30,31);1-2,7-8H2;1-2H3;1H. The van der Waals surface area contributed by atoms with Crippen molar-refractivity contribution in [1.29, 1.82) is 0 Å². The predicted molar refractivity (Wildman–Crippen MR) is 177 cm³/mol. The molecule has 2 aliphatic rings. The first-order chi connectivity index (χ1) is 22.4. The first-order valence-corrected chi connectivity index (χ1v) is 15.3. The van der Waals surface area contributed by atoms with E-state index in [0.717, 1.165) is 55.2 Å². The number of benzene rings is 2. The number of carbonyl (C=O) groups excluding carboxylic acids is 1. The van der Waals surface area contributed by atoms with E-state index in [2.05, 4.69) is 33.6 Å². The molecule has 3 heterocycles. The van der Waals surface area contributed by atoms with Crippen LogP contribution in [0.2, 0.25) is 0 Å². The predicted octanol–water partition coefficient (Wildman–Crippen LogP) is 9.07. The van der Waals surface area contributed by atoms with E-state index in [9.17, 15) is 9.18 Å². The molecule has 2 aromatic heterocycles. The number of ether oxygens (including phenoxy) is 2. The van der Waals surface area contributed by atoms with Gasteiger partial charge in [0, 0.05) is 56.0 Å². The molecule has 242 valence electrons. The Bertz CT molecular complexity index is 1770. The van der Waals surface area contributed by atoms with Gasteiger partial charge in [-0.1, -0.05) is 33.3 Å². The Morgan fingerprint density at radius 3 is 2.07 bits per heavy atom. The van der Waals surface area contributed by atoms with Crippen LogP contribution in [0.5, 0.6) is 11.5 Å². The van der Waals surface area contributed by atoms with Gasteiger partial charge in [-0.3, -0.25) is 9.80 Å². The second-order valence-electron chi connectivity index (χ2n) is 10.1. The quantitative estimate of drug-likeness (QED) is 0.215. The fourth-order valence-corrected chi connectivity index (χ4v) is 5.14. The third-order valence-corrected chi connectivity index (χ3v) is 7.14. The number of halogens is 3. The molecule has 4 aromatic rings. The second kappa shape index (κ2) is 15.8. The molecule has 10 heteroatoms. The molecular formula is C36H39F3N4O3. The Balaban J connectivity index is 0.000000473. The van der Waals surface area contributed by atoms with E-state index in [4.69, 9.17) is 9.47 Å². The molecule has 0 spiro atoms. The van der Waals surface area contributed by atoms with E-state index in [1.165, 1.54) is 37.3 Å². The first kappa shape index (κ1) is 33.8. The molecule has 0 atom stereocenters. The summed E-state index contributed by atoms with van der Waals surface area (Å²) in [7, 11) is 2.46. The first-order valence-electron chi connectivity index (χ1n) is 15.3. The molecule has 0 saturated carbocycles. The van der Waals surface area contributed by atoms with E-state index in [0.29, 0.717) is 22.3 Å². The van der Waals surface area contributed by atoms with Crippen molar-refractivity contribution in [3.8, 4) is 35.2 Å². The smallest absolute Gasteiger partial charge is 0.334 e. The van der Waals surface area contributed by atoms with Gasteiger partial charge in [-0.15, -0.1) is 23.7 Å². The van der Waals surface area contributed by atoms with Crippen LogP contribution in [-0.2, 0) is 13.0 Å². The molecule has 2 aromatic carbocycles. The summed E-state index contributed by atoms with van der Waals surface area (Å²) in [5.74, 6) is 8.87. The largest absolute Gasteiger partial charge is 0.493 e. The monoisotopic (exact) mass is 632 g/mol. The van der Waals surface area contributed by atoms with Gasteiger partial charge in [0.25, 0.3) is 0 Å². The molecule has 0 fully saturated rings. The van der Waals surface area contributed by atoms with Gasteiger partial charge in [-0.05, 0) is 30.7 Å². The van der Waals surface area contributed by atoms with Crippen molar-refractivity contribution in [2.75, 3.05) is 24.0 Å². The number of H-pyrrole nitrogens is 1. The number of pyridine rings is 1. The maximum Gasteiger partial charge on any atom is 0.334 e. The third kappa shape index (κ3) is 7.07. The Kier molecular flexibility index (Phi) is 11.6. The Morgan fingerprint density at radius 2 is 1.52 bits per heavy atom. The van der Waals surface area contributed by atoms with E-state index >= 15 is 8.78 Å². The van der Waals surface area contributed by atoms with Crippen molar-refractivity contribution in [3.63, 3.8) is 0 Å². The zero-order valence-corrected chi connectivity index (χ0v) is 26.7. The number of fused-ring (bicyclic) bond motifs is 3. The third-order valence-electron chi connectivity index (χ3n) is 7.14. The van der Waals surface area contributed by atoms with Gasteiger partial charge in [-0.2, -0.15) is 0 Å². The molecule has 0 unspecified atom stereocenters. The Labute approximate surface area is 269 Å². The summed E-state index contributed by atoms with van der Waals surface area (Å²) in [6.45, 7) is 5.86. The SMILES string of the molecule is C1#CCCC#CCC1.CC.CCCc1cc2c3c(cnc2[nH]1)CN(c1c(F)c(OC)cc(OC)c1F)C(=O)N3c1cccc(F)c1.[HH]. The van der Waals surface area contributed by atoms with Crippen molar-refractivity contribution < 1.29 is 28.9 Å². The highest BCUT2D eigenvalue weighted by Crippen LogP contribution is 2.44. The van der Waals surface area contributed by atoms with Gasteiger partial charge < -0.3 is 14.5 Å². The number of methoxy groups -OCH3 is 2. The summed E-state index contributed by atoms with van der Waals surface area (Å²) in [5.41, 5.74) is 2.05. The summed E-state index contributed by atoms with van der Waals surface area (Å²) in [4.78, 5) is 23.9. The zero-order valence-electron chi connectivity index (χ0n) is 26.7. The average Bonchev–Trinajstić information content (AvgIpc) is 3.46. The highest BCUT2D eigenvalue weighted by Gasteiger charge is 2.38. The molecule has 0 radical (unpaired) electrons. The minimum Gasteiger partial charge on any atom is -0.493 e. The summed E-state index contributed by atoms with van der Waals surface area (Å²) in [6, 6.07) is 7.66. The van der Waals surface area contributed by atoms with Gasteiger partial charge in [0.05, 0.1) is 32.1 Å². The maximum atomic E-state index is 15.4. The van der Waals surface area contributed by atoms with Crippen LogP contribution in [0.25, 0.3) is 11.0 Å². The van der Waals surface area contributed by atoms with Crippen LogP contribution in [-0.4, -0.2) is 30.2 Å². The molecular weight excluding hydrogens is 593 g/mol. The van der Waals surface area contributed by atoms with Gasteiger partial charge in [0.15, 0.2) is 23.1 Å². The van der Waals surface area contributed by atoms with Gasteiger partial charge in [-0.25, -0.2) is 22.9 Å². The number of carbonyl (C=O) groups is 1. The lowest BCUT2D eigenvalue weighted by Crippen LogP contribution is -2.46. The maximum absolute atomic E-state index is 15.4. The lowest BCUT2D eigenvalue weighted by molar-refractivity contribution is 0.251. The van der Waals surface area contributed by atoms with Crippen LogP contribution < -0.4 is 19.3 Å². The summed E-state index contributed by atoms with van der Waals surface area (Å²) < 4.78 is 55.2. The van der Waals surface area contributed by atoms with Crippen LogP contribution in [0.1, 0.15) is 65.6 Å². The number of aromatic nitrogens is 2. The van der Waals surface area contributed by atoms with Gasteiger partial charge >= 0.3 is 6.03 Å². The Hall–Kier alpha value is -5.09. The lowest BCUT2D eigenvalue weighted by atomic mass is 10.1. The number of nitrogens with one attached hydrogen (secondary N) is 1. The lowest BCUT2D eigenvalue weighted by Gasteiger charge is -2.37. The number of aromatic amines is 1. The molecule has 1 aliphatic carbocycles. The van der Waals surface area contributed by atoms with Crippen LogP contribution in [0.15, 0.2) is 42.6 Å². The van der Waals surface area contributed by atoms with Crippen molar-refractivity contribution in [2.24, 2.45) is 0 Å². The van der Waals surface area contributed by atoms with E-state index in [1.807, 2.05) is 26.8 Å². The molecule has 46 heavy (non-hydrogen) atoms. The van der Waals surface area contributed by atoms with E-state index < -0.39 is 29.2 Å². The minimum atomic E-state index is -1.06. The van der Waals surface area contributed by atoms with Gasteiger partial charge in [0.1, 0.15) is 17.2 Å². The average molecular weight is 633 g/mol. The van der Waals surface area contributed by atoms with Crippen LogP contribution in [0, 0.1) is 41.1 Å². The second-order valence-corrected chi connectivity index (χ2v) is 10.1. The summed E-state index contributed by atoms with van der Waals surface area (Å²) in [5, 5.41) is 0.650. The number of urea groups is 1. The number of hydrogen-bond donors (Lipinski definition) is 1. The topological polar surface area (TPSA) is 70.7 Å². The van der Waals surface area contributed by atoms with Crippen molar-refractivity contribution in [3.05, 3.63) is 71.3 Å². The molecule has 2 amide bonds. The van der Waals surface area contributed by atoms with E-state index in [1.54, 1.807) is 12.3 Å². The van der Waals surface area contributed by atoms with Crippen molar-refractivity contribution >= 4 is 34.1 Å². The number of anilines is 3. The minimum absolute atomic E-state index is 0. The molecule has 1 aliphatic heterocycles. The van der Waals surface area contributed by atoms with E-state index in [-0.39, 0.29) is 25.2 Å². The normalized spacial score (nSPS) is 13.3. The number of hydrogen-bond acceptors (Lipinski definition) is 4. The highest BCUT2D eigenvalue weighted by molar-refractivity contribution is 6.15. The fourth-order valence-electron chi connectivity index (χ4n) is 5.14. The Morgan fingerprint density at radius 1 is 0.913 bits per heavy atom. The van der Waals surface area contributed by atoms with Gasteiger partial charge in [0.2, 0.25) is 0 Å². The number of nitrogens with zero attached hydrogens (tertiary/aromatic N) is 3. The number of aryl methyl sites for hydroxylation is 1. The summed E-state index contributed by atoms with van der Waals surface area (Å²) in [6.07, 6.45) is 7.07. The van der Waals surface area contributed by atoms with Crippen molar-refractivity contribution in [2.45, 2.75) is 65.8 Å². The van der Waals surface area contributed by atoms with Crippen molar-refractivity contribution in [1.82, 2.24) is 9.97 Å². The molecule has 1 N–H and O–H groups in total. The molecule has 0 saturated heterocycles. The van der Waals surface area contributed by atoms with Crippen LogP contribution >= 0.6 is 0 Å². The number of rotatable bonds is 6. The number of amides is 2. The molecule has 0 bridgehead atoms. The fraction of sp³-hybridized carbons (Fsp3) is 0.333. The van der Waals surface area contributed by atoms with Crippen LogP contribution in [0.3, 0.4) is 0 Å².